The topological polar surface area (TPSA) is 44.8 Å². The maximum absolute atomic E-state index is 13.2. The second-order valence-corrected chi connectivity index (χ2v) is 7.22. The first kappa shape index (κ1) is 18.3. The molecule has 1 aliphatic carbocycles. The second-order valence-electron chi connectivity index (χ2n) is 7.22. The number of methoxy groups -OCH3 is 2. The van der Waals surface area contributed by atoms with Crippen molar-refractivity contribution >= 4 is 16.6 Å². The lowest BCUT2D eigenvalue weighted by molar-refractivity contribution is 0.104. The molecule has 4 nitrogen and oxygen atoms in total. The largest absolute Gasteiger partial charge is 0.497 e. The van der Waals surface area contributed by atoms with Crippen LogP contribution in [0.4, 0.5) is 0 Å². The summed E-state index contributed by atoms with van der Waals surface area (Å²) in [4.78, 5) is 13.2. The van der Waals surface area contributed by atoms with Crippen molar-refractivity contribution < 1.29 is 19.0 Å². The van der Waals surface area contributed by atoms with Crippen molar-refractivity contribution in [3.05, 3.63) is 89.5 Å². The van der Waals surface area contributed by atoms with Crippen LogP contribution in [-0.2, 0) is 6.61 Å². The minimum Gasteiger partial charge on any atom is -0.497 e. The van der Waals surface area contributed by atoms with Gasteiger partial charge in [-0.05, 0) is 59.0 Å². The fourth-order valence-electron chi connectivity index (χ4n) is 4.02. The van der Waals surface area contributed by atoms with Crippen LogP contribution < -0.4 is 14.2 Å². The Hall–Kier alpha value is -3.79. The van der Waals surface area contributed by atoms with Crippen LogP contribution in [-0.4, -0.2) is 20.0 Å². The maximum Gasteiger partial charge on any atom is 0.194 e. The van der Waals surface area contributed by atoms with E-state index in [-0.39, 0.29) is 5.78 Å². The predicted octanol–water partition coefficient (Wildman–Crippen LogP) is 5.65. The molecule has 5 rings (SSSR count). The molecule has 4 aromatic carbocycles. The van der Waals surface area contributed by atoms with Gasteiger partial charge in [0.2, 0.25) is 0 Å². The molecule has 0 aliphatic heterocycles. The van der Waals surface area contributed by atoms with Crippen molar-refractivity contribution in [1.82, 2.24) is 0 Å². The number of carbonyl (C=O) groups excluding carboxylic acids is 1. The summed E-state index contributed by atoms with van der Waals surface area (Å²) >= 11 is 0. The first-order valence-electron chi connectivity index (χ1n) is 9.74. The van der Waals surface area contributed by atoms with Crippen molar-refractivity contribution in [2.24, 2.45) is 0 Å². The van der Waals surface area contributed by atoms with Crippen LogP contribution in [0.2, 0.25) is 0 Å². The number of fused-ring (bicyclic) bond motifs is 5. The summed E-state index contributed by atoms with van der Waals surface area (Å²) < 4.78 is 17.0. The lowest BCUT2D eigenvalue weighted by Crippen LogP contribution is -2.00. The highest BCUT2D eigenvalue weighted by molar-refractivity contribution is 6.26. The lowest BCUT2D eigenvalue weighted by Gasteiger charge is -2.14. The molecule has 0 heterocycles. The van der Waals surface area contributed by atoms with Crippen molar-refractivity contribution in [3.8, 4) is 28.4 Å². The van der Waals surface area contributed by atoms with Gasteiger partial charge in [-0.15, -0.1) is 0 Å². The predicted molar refractivity (Wildman–Crippen MR) is 117 cm³/mol. The van der Waals surface area contributed by atoms with E-state index in [1.807, 2.05) is 66.7 Å². The van der Waals surface area contributed by atoms with Crippen molar-refractivity contribution in [2.75, 3.05) is 14.2 Å². The average Bonchev–Trinajstić information content (AvgIpc) is 3.09. The summed E-state index contributed by atoms with van der Waals surface area (Å²) in [5.41, 5.74) is 4.22. The van der Waals surface area contributed by atoms with Crippen molar-refractivity contribution in [3.63, 3.8) is 0 Å². The van der Waals surface area contributed by atoms with Gasteiger partial charge in [-0.2, -0.15) is 0 Å². The summed E-state index contributed by atoms with van der Waals surface area (Å²) in [6.45, 7) is 0.418. The number of rotatable bonds is 5. The molecule has 0 saturated carbocycles. The standard InChI is InChI=1S/C26H20O4/c1-28-17-8-10-19-21(12-17)24(30-15-16-6-4-3-5-7-16)14-23-25(19)20-11-9-18(29-2)13-22(20)26(23)27/h3-14H,15H2,1-2H3. The number of hydrogen-bond donors (Lipinski definition) is 0. The van der Waals surface area contributed by atoms with E-state index in [1.165, 1.54) is 0 Å². The molecule has 0 aromatic heterocycles. The summed E-state index contributed by atoms with van der Waals surface area (Å²) in [5.74, 6) is 2.06. The van der Waals surface area contributed by atoms with E-state index in [9.17, 15) is 4.79 Å². The minimum atomic E-state index is -0.0128. The number of ether oxygens (including phenoxy) is 3. The van der Waals surface area contributed by atoms with Gasteiger partial charge in [0.05, 0.1) is 14.2 Å². The molecule has 0 radical (unpaired) electrons. The number of ketones is 1. The van der Waals surface area contributed by atoms with E-state index >= 15 is 0 Å². The quantitative estimate of drug-likeness (QED) is 0.385. The van der Waals surface area contributed by atoms with Crippen molar-refractivity contribution in [2.45, 2.75) is 6.61 Å². The normalized spacial score (nSPS) is 11.9. The summed E-state index contributed by atoms with van der Waals surface area (Å²) in [6.07, 6.45) is 0. The zero-order valence-electron chi connectivity index (χ0n) is 16.8. The molecule has 0 fully saturated rings. The highest BCUT2D eigenvalue weighted by atomic mass is 16.5. The monoisotopic (exact) mass is 396 g/mol. The first-order valence-corrected chi connectivity index (χ1v) is 9.74. The van der Waals surface area contributed by atoms with E-state index < -0.39 is 0 Å². The molecule has 30 heavy (non-hydrogen) atoms. The van der Waals surface area contributed by atoms with Crippen LogP contribution >= 0.6 is 0 Å². The Balaban J connectivity index is 1.69. The highest BCUT2D eigenvalue weighted by Gasteiger charge is 2.30. The number of benzene rings is 4. The van der Waals surface area contributed by atoms with Gasteiger partial charge < -0.3 is 14.2 Å². The van der Waals surface area contributed by atoms with Crippen LogP contribution in [0.25, 0.3) is 21.9 Å². The third-order valence-electron chi connectivity index (χ3n) is 5.53. The van der Waals surface area contributed by atoms with Crippen LogP contribution in [0.3, 0.4) is 0 Å². The van der Waals surface area contributed by atoms with Gasteiger partial charge >= 0.3 is 0 Å². The first-order chi connectivity index (χ1) is 14.7. The van der Waals surface area contributed by atoms with E-state index in [0.29, 0.717) is 29.2 Å². The van der Waals surface area contributed by atoms with E-state index in [1.54, 1.807) is 20.3 Å². The Kier molecular flexibility index (Phi) is 4.40. The fourth-order valence-corrected chi connectivity index (χ4v) is 4.02. The molecule has 0 atom stereocenters. The summed E-state index contributed by atoms with van der Waals surface area (Å²) in [5, 5.41) is 1.88. The zero-order valence-corrected chi connectivity index (χ0v) is 16.8. The van der Waals surface area contributed by atoms with Crippen LogP contribution in [0.15, 0.2) is 72.8 Å². The third kappa shape index (κ3) is 2.89. The Morgan fingerprint density at radius 3 is 2.20 bits per heavy atom. The summed E-state index contributed by atoms with van der Waals surface area (Å²) in [7, 11) is 3.25. The van der Waals surface area contributed by atoms with Gasteiger partial charge in [0.1, 0.15) is 23.9 Å². The molecule has 1 aliphatic rings. The van der Waals surface area contributed by atoms with Gasteiger partial charge in [-0.25, -0.2) is 0 Å². The van der Waals surface area contributed by atoms with Crippen LogP contribution in [0, 0.1) is 0 Å². The molecule has 4 heteroatoms. The minimum absolute atomic E-state index is 0.0128. The third-order valence-corrected chi connectivity index (χ3v) is 5.53. The van der Waals surface area contributed by atoms with E-state index in [0.717, 1.165) is 33.2 Å². The lowest BCUT2D eigenvalue weighted by atomic mass is 9.96. The molecule has 0 unspecified atom stereocenters. The molecule has 0 spiro atoms. The Morgan fingerprint density at radius 2 is 1.43 bits per heavy atom. The highest BCUT2D eigenvalue weighted by Crippen LogP contribution is 2.46. The zero-order chi connectivity index (χ0) is 20.7. The Morgan fingerprint density at radius 1 is 0.700 bits per heavy atom. The molecular formula is C26H20O4. The van der Waals surface area contributed by atoms with Gasteiger partial charge in [-0.3, -0.25) is 4.79 Å². The molecule has 0 N–H and O–H groups in total. The van der Waals surface area contributed by atoms with Crippen LogP contribution in [0.1, 0.15) is 21.5 Å². The van der Waals surface area contributed by atoms with Crippen LogP contribution in [0.5, 0.6) is 17.2 Å². The summed E-state index contributed by atoms with van der Waals surface area (Å²) in [6, 6.07) is 23.3. The molecule has 148 valence electrons. The molecule has 0 amide bonds. The Labute approximate surface area is 174 Å². The smallest absolute Gasteiger partial charge is 0.194 e. The van der Waals surface area contributed by atoms with Gasteiger partial charge in [0.15, 0.2) is 5.78 Å². The van der Waals surface area contributed by atoms with Crippen molar-refractivity contribution in [1.29, 1.82) is 0 Å². The number of carbonyl (C=O) groups is 1. The van der Waals surface area contributed by atoms with E-state index in [4.69, 9.17) is 14.2 Å². The van der Waals surface area contributed by atoms with Gasteiger partial charge in [-0.1, -0.05) is 30.3 Å². The van der Waals surface area contributed by atoms with Gasteiger partial charge in [0.25, 0.3) is 0 Å². The molecular weight excluding hydrogens is 376 g/mol. The maximum atomic E-state index is 13.2. The Bertz CT molecular complexity index is 1280. The van der Waals surface area contributed by atoms with E-state index in [2.05, 4.69) is 0 Å². The fraction of sp³-hybridized carbons (Fsp3) is 0.115. The number of hydrogen-bond acceptors (Lipinski definition) is 4. The SMILES string of the molecule is COc1ccc2c(c1)C(=O)c1cc(OCc3ccccc3)c3cc(OC)ccc3c1-2. The average molecular weight is 396 g/mol. The molecule has 4 aromatic rings. The molecule has 0 saturated heterocycles. The second kappa shape index (κ2) is 7.23. The van der Waals surface area contributed by atoms with Gasteiger partial charge in [0, 0.05) is 22.1 Å². The molecule has 0 bridgehead atoms.